The number of nitrogens with one attached hydrogen (secondary N) is 1. The van der Waals surface area contributed by atoms with E-state index in [0.29, 0.717) is 5.91 Å². The molecule has 18 heavy (non-hydrogen) atoms. The van der Waals surface area contributed by atoms with Crippen molar-refractivity contribution < 1.29 is 4.79 Å². The number of fused-ring (bicyclic) bond motifs is 1. The van der Waals surface area contributed by atoms with Gasteiger partial charge in [0, 0.05) is 31.1 Å². The van der Waals surface area contributed by atoms with E-state index in [0.717, 1.165) is 56.8 Å². The minimum atomic E-state index is 0.173. The molecule has 4 nitrogen and oxygen atoms in total. The molecule has 1 saturated heterocycles. The first-order valence-electron chi connectivity index (χ1n) is 7.04. The Balaban J connectivity index is 1.64. The summed E-state index contributed by atoms with van der Waals surface area (Å²) in [6.45, 7) is 4.18. The van der Waals surface area contributed by atoms with E-state index >= 15 is 0 Å². The van der Waals surface area contributed by atoms with Gasteiger partial charge in [-0.3, -0.25) is 4.79 Å². The number of hydrogen-bond donors (Lipinski definition) is 1. The van der Waals surface area contributed by atoms with Gasteiger partial charge in [0.25, 0.3) is 0 Å². The van der Waals surface area contributed by atoms with Crippen LogP contribution < -0.4 is 0 Å². The number of nitrogens with zero attached hydrogens (tertiary/aromatic N) is 2. The molecule has 2 heterocycles. The number of aromatic nitrogens is 2. The Morgan fingerprint density at radius 1 is 1.39 bits per heavy atom. The van der Waals surface area contributed by atoms with Crippen molar-refractivity contribution in [2.75, 3.05) is 13.1 Å². The van der Waals surface area contributed by atoms with Crippen LogP contribution >= 0.6 is 0 Å². The van der Waals surface area contributed by atoms with Crippen LogP contribution in [0, 0.1) is 11.8 Å². The molecule has 1 aromatic heterocycles. The first-order chi connectivity index (χ1) is 8.74. The first kappa shape index (κ1) is 11.8. The second-order valence-corrected chi connectivity index (χ2v) is 5.78. The lowest BCUT2D eigenvalue weighted by Gasteiger charge is -2.34. The van der Waals surface area contributed by atoms with Crippen molar-refractivity contribution in [3.05, 3.63) is 17.7 Å². The number of H-pyrrole nitrogens is 1. The van der Waals surface area contributed by atoms with Crippen LogP contribution in [-0.4, -0.2) is 33.9 Å². The van der Waals surface area contributed by atoms with Crippen LogP contribution in [0.1, 0.15) is 37.6 Å². The van der Waals surface area contributed by atoms with Crippen LogP contribution in [0.3, 0.4) is 0 Å². The Kier molecular flexibility index (Phi) is 3.10. The molecular formula is C14H21N3O. The number of aromatic amines is 1. The summed E-state index contributed by atoms with van der Waals surface area (Å²) in [6, 6.07) is 0. The summed E-state index contributed by atoms with van der Waals surface area (Å²) in [4.78, 5) is 22.0. The van der Waals surface area contributed by atoms with Crippen LogP contribution in [0.25, 0.3) is 0 Å². The smallest absolute Gasteiger partial charge is 0.226 e. The van der Waals surface area contributed by atoms with Crippen LogP contribution in [0.5, 0.6) is 0 Å². The van der Waals surface area contributed by atoms with E-state index in [4.69, 9.17) is 0 Å². The van der Waals surface area contributed by atoms with Gasteiger partial charge in [0.05, 0.1) is 12.0 Å². The molecule has 1 N–H and O–H groups in total. The molecular weight excluding hydrogens is 226 g/mol. The van der Waals surface area contributed by atoms with Crippen LogP contribution in [0.4, 0.5) is 0 Å². The lowest BCUT2D eigenvalue weighted by atomic mass is 9.88. The number of aryl methyl sites for hydroxylation is 1. The summed E-state index contributed by atoms with van der Waals surface area (Å²) in [5, 5.41) is 0. The van der Waals surface area contributed by atoms with Gasteiger partial charge in [0.1, 0.15) is 0 Å². The summed E-state index contributed by atoms with van der Waals surface area (Å²) >= 11 is 0. The van der Waals surface area contributed by atoms with Crippen molar-refractivity contribution in [1.82, 2.24) is 14.9 Å². The predicted molar refractivity (Wildman–Crippen MR) is 69.1 cm³/mol. The van der Waals surface area contributed by atoms with E-state index < -0.39 is 0 Å². The van der Waals surface area contributed by atoms with E-state index in [9.17, 15) is 4.79 Å². The standard InChI is InChI=1S/C14H21N3O/c1-10-4-6-17(7-5-10)14(18)11-2-3-12-13(8-11)16-9-15-12/h9-11H,2-8H2,1H3,(H,15,16). The quantitative estimate of drug-likeness (QED) is 0.822. The Hall–Kier alpha value is -1.32. The van der Waals surface area contributed by atoms with Crippen molar-refractivity contribution in [3.63, 3.8) is 0 Å². The molecule has 98 valence electrons. The van der Waals surface area contributed by atoms with E-state index in [1.807, 2.05) is 0 Å². The van der Waals surface area contributed by atoms with Gasteiger partial charge in [0.2, 0.25) is 5.91 Å². The number of amides is 1. The molecule has 1 amide bonds. The third-order valence-electron chi connectivity index (χ3n) is 4.43. The third-order valence-corrected chi connectivity index (χ3v) is 4.43. The van der Waals surface area contributed by atoms with Crippen LogP contribution in [-0.2, 0) is 17.6 Å². The molecule has 1 aromatic rings. The molecule has 0 saturated carbocycles. The molecule has 1 unspecified atom stereocenters. The maximum Gasteiger partial charge on any atom is 0.226 e. The Labute approximate surface area is 108 Å². The minimum Gasteiger partial charge on any atom is -0.348 e. The molecule has 1 fully saturated rings. The van der Waals surface area contributed by atoms with Crippen molar-refractivity contribution in [2.45, 2.75) is 39.0 Å². The van der Waals surface area contributed by atoms with Crippen molar-refractivity contribution in [2.24, 2.45) is 11.8 Å². The minimum absolute atomic E-state index is 0.173. The summed E-state index contributed by atoms with van der Waals surface area (Å²) in [7, 11) is 0. The van der Waals surface area contributed by atoms with Gasteiger partial charge in [-0.05, 0) is 31.6 Å². The van der Waals surface area contributed by atoms with Crippen molar-refractivity contribution in [3.8, 4) is 0 Å². The Morgan fingerprint density at radius 3 is 2.94 bits per heavy atom. The van der Waals surface area contributed by atoms with Gasteiger partial charge in [-0.2, -0.15) is 0 Å². The second-order valence-electron chi connectivity index (χ2n) is 5.78. The molecule has 2 aliphatic rings. The highest BCUT2D eigenvalue weighted by molar-refractivity contribution is 5.79. The maximum absolute atomic E-state index is 12.5. The Bertz CT molecular complexity index is 432. The summed E-state index contributed by atoms with van der Waals surface area (Å²) < 4.78 is 0. The first-order valence-corrected chi connectivity index (χ1v) is 7.04. The molecule has 4 heteroatoms. The summed E-state index contributed by atoms with van der Waals surface area (Å²) in [5.41, 5.74) is 2.33. The Morgan fingerprint density at radius 2 is 2.17 bits per heavy atom. The van der Waals surface area contributed by atoms with Gasteiger partial charge < -0.3 is 9.88 Å². The molecule has 0 radical (unpaired) electrons. The number of carbonyl (C=O) groups excluding carboxylic acids is 1. The predicted octanol–water partition coefficient (Wildman–Crippen LogP) is 1.77. The highest BCUT2D eigenvalue weighted by Gasteiger charge is 2.30. The van der Waals surface area contributed by atoms with Crippen LogP contribution in [0.15, 0.2) is 6.33 Å². The number of carbonyl (C=O) groups is 1. The molecule has 1 atom stereocenters. The summed E-state index contributed by atoms with van der Waals surface area (Å²) in [6.07, 6.45) is 6.82. The summed E-state index contributed by atoms with van der Waals surface area (Å²) in [5.74, 6) is 1.31. The maximum atomic E-state index is 12.5. The van der Waals surface area contributed by atoms with Crippen LogP contribution in [0.2, 0.25) is 0 Å². The van der Waals surface area contributed by atoms with Gasteiger partial charge in [-0.15, -0.1) is 0 Å². The fourth-order valence-electron chi connectivity index (χ4n) is 3.10. The lowest BCUT2D eigenvalue weighted by Crippen LogP contribution is -2.42. The van der Waals surface area contributed by atoms with Gasteiger partial charge in [-0.25, -0.2) is 4.98 Å². The topological polar surface area (TPSA) is 49.0 Å². The number of rotatable bonds is 1. The number of hydrogen-bond acceptors (Lipinski definition) is 2. The fourth-order valence-corrected chi connectivity index (χ4v) is 3.10. The average molecular weight is 247 g/mol. The monoisotopic (exact) mass is 247 g/mol. The second kappa shape index (κ2) is 4.75. The fraction of sp³-hybridized carbons (Fsp3) is 0.714. The lowest BCUT2D eigenvalue weighted by molar-refractivity contribution is -0.137. The molecule has 0 spiro atoms. The van der Waals surface area contributed by atoms with Gasteiger partial charge >= 0.3 is 0 Å². The molecule has 3 rings (SSSR count). The SMILES string of the molecule is CC1CCN(C(=O)C2CCc3nc[nH]c3C2)CC1. The van der Waals surface area contributed by atoms with E-state index in [2.05, 4.69) is 21.8 Å². The molecule has 1 aliphatic heterocycles. The highest BCUT2D eigenvalue weighted by Crippen LogP contribution is 2.26. The van der Waals surface area contributed by atoms with E-state index in [-0.39, 0.29) is 5.92 Å². The van der Waals surface area contributed by atoms with Crippen molar-refractivity contribution in [1.29, 1.82) is 0 Å². The third kappa shape index (κ3) is 2.16. The van der Waals surface area contributed by atoms with Gasteiger partial charge in [0.15, 0.2) is 0 Å². The number of piperidine rings is 1. The average Bonchev–Trinajstić information content (AvgIpc) is 2.86. The van der Waals surface area contributed by atoms with Gasteiger partial charge in [-0.1, -0.05) is 6.92 Å². The zero-order valence-electron chi connectivity index (χ0n) is 11.0. The zero-order chi connectivity index (χ0) is 12.5. The van der Waals surface area contributed by atoms with Crippen molar-refractivity contribution >= 4 is 5.91 Å². The number of imidazole rings is 1. The normalized spacial score (nSPS) is 24.9. The molecule has 1 aliphatic carbocycles. The van der Waals surface area contributed by atoms with E-state index in [1.165, 1.54) is 5.69 Å². The largest absolute Gasteiger partial charge is 0.348 e. The molecule has 0 aromatic carbocycles. The number of likely N-dealkylation sites (tertiary alicyclic amines) is 1. The zero-order valence-corrected chi connectivity index (χ0v) is 11.0. The van der Waals surface area contributed by atoms with E-state index in [1.54, 1.807) is 6.33 Å². The molecule has 0 bridgehead atoms. The highest BCUT2D eigenvalue weighted by atomic mass is 16.2.